The molecule has 0 fully saturated rings. The van der Waals surface area contributed by atoms with E-state index in [-0.39, 0.29) is 18.3 Å². The van der Waals surface area contributed by atoms with Gasteiger partial charge in [-0.25, -0.2) is 4.39 Å². The average Bonchev–Trinajstić information content (AvgIpc) is 2.57. The van der Waals surface area contributed by atoms with Crippen LogP contribution in [-0.2, 0) is 16.1 Å². The zero-order valence-corrected chi connectivity index (χ0v) is 14.9. The van der Waals surface area contributed by atoms with E-state index in [2.05, 4.69) is 10.6 Å². The van der Waals surface area contributed by atoms with E-state index in [9.17, 15) is 14.0 Å². The fourth-order valence-corrected chi connectivity index (χ4v) is 2.22. The Balaban J connectivity index is 2.00. The number of rotatable bonds is 5. The van der Waals surface area contributed by atoms with Gasteiger partial charge in [-0.05, 0) is 68.7 Å². The molecule has 0 unspecified atom stereocenters. The van der Waals surface area contributed by atoms with Crippen LogP contribution in [0.15, 0.2) is 42.5 Å². The Morgan fingerprint density at radius 3 is 2.20 bits per heavy atom. The lowest BCUT2D eigenvalue weighted by molar-refractivity contribution is -0.138. The molecule has 2 aromatic rings. The molecule has 2 aromatic carbocycles. The summed E-state index contributed by atoms with van der Waals surface area (Å²) < 4.78 is 12.9. The Kier molecular flexibility index (Phi) is 5.57. The minimum absolute atomic E-state index is 0.236. The summed E-state index contributed by atoms with van der Waals surface area (Å²) >= 11 is 0. The lowest BCUT2D eigenvalue weighted by Crippen LogP contribution is -2.44. The maximum atomic E-state index is 12.9. The molecule has 0 saturated carbocycles. The summed E-state index contributed by atoms with van der Waals surface area (Å²) in [7, 11) is 0. The maximum absolute atomic E-state index is 12.9. The van der Waals surface area contributed by atoms with Gasteiger partial charge >= 0.3 is 0 Å². The summed E-state index contributed by atoms with van der Waals surface area (Å²) in [6, 6.07) is 11.5. The molecule has 5 heteroatoms. The van der Waals surface area contributed by atoms with E-state index >= 15 is 0 Å². The van der Waals surface area contributed by atoms with Crippen LogP contribution in [0.1, 0.15) is 30.5 Å². The number of anilines is 1. The van der Waals surface area contributed by atoms with Gasteiger partial charge in [-0.3, -0.25) is 9.59 Å². The van der Waals surface area contributed by atoms with Crippen LogP contribution in [0, 0.1) is 25.1 Å². The van der Waals surface area contributed by atoms with Gasteiger partial charge in [0.25, 0.3) is 0 Å². The average molecular weight is 342 g/mol. The summed E-state index contributed by atoms with van der Waals surface area (Å²) in [4.78, 5) is 24.9. The first-order valence-corrected chi connectivity index (χ1v) is 8.11. The second-order valence-electron chi connectivity index (χ2n) is 6.69. The molecule has 0 aliphatic rings. The smallest absolute Gasteiger partial charge is 0.239 e. The van der Waals surface area contributed by atoms with Crippen molar-refractivity contribution in [2.45, 2.75) is 34.2 Å². The largest absolute Gasteiger partial charge is 0.351 e. The fourth-order valence-electron chi connectivity index (χ4n) is 2.22. The SMILES string of the molecule is Cc1ccc(NC(=O)C(C)(C)C(=O)NCc2ccc(F)cc2)cc1C. The van der Waals surface area contributed by atoms with Gasteiger partial charge in [-0.2, -0.15) is 0 Å². The number of benzene rings is 2. The van der Waals surface area contributed by atoms with Crippen LogP contribution in [-0.4, -0.2) is 11.8 Å². The van der Waals surface area contributed by atoms with Gasteiger partial charge in [-0.1, -0.05) is 18.2 Å². The van der Waals surface area contributed by atoms with Crippen LogP contribution in [0.5, 0.6) is 0 Å². The van der Waals surface area contributed by atoms with E-state index in [0.717, 1.165) is 16.7 Å². The zero-order chi connectivity index (χ0) is 18.6. The monoisotopic (exact) mass is 342 g/mol. The van der Waals surface area contributed by atoms with E-state index < -0.39 is 11.3 Å². The molecule has 2 rings (SSSR count). The van der Waals surface area contributed by atoms with Crippen molar-refractivity contribution in [3.05, 3.63) is 65.0 Å². The molecule has 0 atom stereocenters. The highest BCUT2D eigenvalue weighted by Crippen LogP contribution is 2.21. The Hall–Kier alpha value is -2.69. The van der Waals surface area contributed by atoms with E-state index in [0.29, 0.717) is 5.69 Å². The van der Waals surface area contributed by atoms with Gasteiger partial charge in [0.15, 0.2) is 0 Å². The van der Waals surface area contributed by atoms with E-state index in [1.165, 1.54) is 12.1 Å². The van der Waals surface area contributed by atoms with Gasteiger partial charge < -0.3 is 10.6 Å². The molecule has 0 radical (unpaired) electrons. The predicted molar refractivity (Wildman–Crippen MR) is 96.6 cm³/mol. The first-order chi connectivity index (χ1) is 11.7. The third-order valence-corrected chi connectivity index (χ3v) is 4.27. The van der Waals surface area contributed by atoms with Crippen LogP contribution in [0.2, 0.25) is 0 Å². The van der Waals surface area contributed by atoms with Gasteiger partial charge in [0.1, 0.15) is 11.2 Å². The number of nitrogens with one attached hydrogen (secondary N) is 2. The first kappa shape index (κ1) is 18.6. The van der Waals surface area contributed by atoms with Crippen molar-refractivity contribution < 1.29 is 14.0 Å². The normalized spacial score (nSPS) is 11.1. The Bertz CT molecular complexity index is 783. The summed E-state index contributed by atoms with van der Waals surface area (Å²) in [5.74, 6) is -1.10. The molecule has 0 aromatic heterocycles. The van der Waals surface area contributed by atoms with Crippen molar-refractivity contribution in [1.29, 1.82) is 0 Å². The molecule has 0 bridgehead atoms. The van der Waals surface area contributed by atoms with Crippen molar-refractivity contribution in [3.8, 4) is 0 Å². The predicted octanol–water partition coefficient (Wildman–Crippen LogP) is 3.72. The highest BCUT2D eigenvalue weighted by molar-refractivity contribution is 6.09. The minimum atomic E-state index is -1.24. The number of carbonyl (C=O) groups is 2. The Morgan fingerprint density at radius 2 is 1.60 bits per heavy atom. The second-order valence-corrected chi connectivity index (χ2v) is 6.69. The second kappa shape index (κ2) is 7.47. The number of hydrogen-bond donors (Lipinski definition) is 2. The number of aryl methyl sites for hydroxylation is 2. The van der Waals surface area contributed by atoms with Crippen molar-refractivity contribution in [1.82, 2.24) is 5.32 Å². The minimum Gasteiger partial charge on any atom is -0.351 e. The van der Waals surface area contributed by atoms with Crippen LogP contribution in [0.3, 0.4) is 0 Å². The molecule has 25 heavy (non-hydrogen) atoms. The molecule has 2 amide bonds. The highest BCUT2D eigenvalue weighted by atomic mass is 19.1. The molecule has 0 aliphatic carbocycles. The van der Waals surface area contributed by atoms with Crippen LogP contribution in [0.4, 0.5) is 10.1 Å². The first-order valence-electron chi connectivity index (χ1n) is 8.11. The summed E-state index contributed by atoms with van der Waals surface area (Å²) in [6.07, 6.45) is 0. The third-order valence-electron chi connectivity index (χ3n) is 4.27. The molecule has 0 heterocycles. The standard InChI is InChI=1S/C20H23FN2O2/c1-13-5-10-17(11-14(13)2)23-19(25)20(3,4)18(24)22-12-15-6-8-16(21)9-7-15/h5-11H,12H2,1-4H3,(H,22,24)(H,23,25). The van der Waals surface area contributed by atoms with Gasteiger partial charge in [0, 0.05) is 12.2 Å². The van der Waals surface area contributed by atoms with Crippen LogP contribution < -0.4 is 10.6 Å². The summed E-state index contributed by atoms with van der Waals surface area (Å²) in [5, 5.41) is 5.51. The van der Waals surface area contributed by atoms with E-state index in [1.807, 2.05) is 32.0 Å². The fraction of sp³-hybridized carbons (Fsp3) is 0.300. The molecular formula is C20H23FN2O2. The molecule has 0 aliphatic heterocycles. The van der Waals surface area contributed by atoms with Gasteiger partial charge in [0.05, 0.1) is 0 Å². The quantitative estimate of drug-likeness (QED) is 0.814. The third kappa shape index (κ3) is 4.66. The number of halogens is 1. The highest BCUT2D eigenvalue weighted by Gasteiger charge is 2.35. The van der Waals surface area contributed by atoms with Crippen LogP contribution in [0.25, 0.3) is 0 Å². The Labute approximate surface area is 147 Å². The van der Waals surface area contributed by atoms with E-state index in [4.69, 9.17) is 0 Å². The van der Waals surface area contributed by atoms with Crippen molar-refractivity contribution >= 4 is 17.5 Å². The molecular weight excluding hydrogens is 319 g/mol. The number of amides is 2. The van der Waals surface area contributed by atoms with Crippen LogP contribution >= 0.6 is 0 Å². The molecule has 132 valence electrons. The number of carbonyl (C=O) groups excluding carboxylic acids is 2. The molecule has 2 N–H and O–H groups in total. The molecule has 4 nitrogen and oxygen atoms in total. The van der Waals surface area contributed by atoms with Crippen molar-refractivity contribution in [2.24, 2.45) is 5.41 Å². The molecule has 0 saturated heterocycles. The lowest BCUT2D eigenvalue weighted by Gasteiger charge is -2.23. The van der Waals surface area contributed by atoms with Gasteiger partial charge in [0.2, 0.25) is 11.8 Å². The number of hydrogen-bond acceptors (Lipinski definition) is 2. The topological polar surface area (TPSA) is 58.2 Å². The van der Waals surface area contributed by atoms with E-state index in [1.54, 1.807) is 26.0 Å². The van der Waals surface area contributed by atoms with Crippen molar-refractivity contribution in [3.63, 3.8) is 0 Å². The summed E-state index contributed by atoms with van der Waals surface area (Å²) in [5.41, 5.74) is 2.39. The Morgan fingerprint density at radius 1 is 0.960 bits per heavy atom. The summed E-state index contributed by atoms with van der Waals surface area (Å²) in [6.45, 7) is 7.34. The zero-order valence-electron chi connectivity index (χ0n) is 14.9. The van der Waals surface area contributed by atoms with Gasteiger partial charge in [-0.15, -0.1) is 0 Å². The molecule has 0 spiro atoms. The van der Waals surface area contributed by atoms with Crippen molar-refractivity contribution in [2.75, 3.05) is 5.32 Å². The lowest BCUT2D eigenvalue weighted by atomic mass is 9.90. The maximum Gasteiger partial charge on any atom is 0.239 e.